The highest BCUT2D eigenvalue weighted by molar-refractivity contribution is 5.28. The quantitative estimate of drug-likeness (QED) is 0.814. The number of rotatable bonds is 3. The van der Waals surface area contributed by atoms with Gasteiger partial charge in [-0.2, -0.15) is 22.0 Å². The maximum atomic E-state index is 12.9. The molecule has 0 bridgehead atoms. The zero-order chi connectivity index (χ0) is 13.3. The van der Waals surface area contributed by atoms with Crippen molar-refractivity contribution in [2.24, 2.45) is 5.73 Å². The van der Waals surface area contributed by atoms with E-state index >= 15 is 0 Å². The van der Waals surface area contributed by atoms with Gasteiger partial charge in [-0.15, -0.1) is 0 Å². The molecule has 0 radical (unpaired) electrons. The summed E-state index contributed by atoms with van der Waals surface area (Å²) in [6.07, 6.45) is -6.72. The third-order valence-corrected chi connectivity index (χ3v) is 2.24. The van der Waals surface area contributed by atoms with Crippen molar-refractivity contribution in [1.82, 2.24) is 0 Å². The summed E-state index contributed by atoms with van der Waals surface area (Å²) < 4.78 is 61.8. The molecule has 96 valence electrons. The molecule has 7 heteroatoms. The monoisotopic (exact) mass is 255 g/mol. The van der Waals surface area contributed by atoms with Crippen LogP contribution in [0.15, 0.2) is 24.3 Å². The molecule has 0 heterocycles. The lowest BCUT2D eigenvalue weighted by molar-refractivity contribution is -0.289. The zero-order valence-electron chi connectivity index (χ0n) is 8.51. The smallest absolute Gasteiger partial charge is 0.387 e. The van der Waals surface area contributed by atoms with Crippen LogP contribution < -0.4 is 5.73 Å². The summed E-state index contributed by atoms with van der Waals surface area (Å²) in [6, 6.07) is 3.24. The maximum absolute atomic E-state index is 12.9. The van der Waals surface area contributed by atoms with Crippen LogP contribution in [0.2, 0.25) is 0 Å². The lowest BCUT2D eigenvalue weighted by atomic mass is 10.0. The number of halogens is 5. The van der Waals surface area contributed by atoms with E-state index in [-0.39, 0.29) is 12.1 Å². The van der Waals surface area contributed by atoms with Crippen LogP contribution in [-0.4, -0.2) is 17.8 Å². The number of nitrogens with two attached hydrogens (primary N) is 1. The summed E-state index contributed by atoms with van der Waals surface area (Å²) in [7, 11) is 0. The van der Waals surface area contributed by atoms with E-state index < -0.39 is 23.8 Å². The van der Waals surface area contributed by atoms with Gasteiger partial charge < -0.3 is 10.8 Å². The van der Waals surface area contributed by atoms with E-state index in [1.807, 2.05) is 0 Å². The third-order valence-electron chi connectivity index (χ3n) is 2.24. The predicted octanol–water partition coefficient (Wildman–Crippen LogP) is 2.33. The van der Waals surface area contributed by atoms with Crippen molar-refractivity contribution in [3.63, 3.8) is 0 Å². The second-order valence-electron chi connectivity index (χ2n) is 3.45. The predicted molar refractivity (Wildman–Crippen MR) is 50.4 cm³/mol. The van der Waals surface area contributed by atoms with Gasteiger partial charge >= 0.3 is 12.1 Å². The Balaban J connectivity index is 3.03. The number of benzene rings is 1. The van der Waals surface area contributed by atoms with Gasteiger partial charge in [0.05, 0.1) is 6.10 Å². The van der Waals surface area contributed by atoms with E-state index in [0.717, 1.165) is 12.1 Å². The molecule has 0 aliphatic heterocycles. The van der Waals surface area contributed by atoms with E-state index in [2.05, 4.69) is 0 Å². The van der Waals surface area contributed by atoms with Crippen molar-refractivity contribution in [1.29, 1.82) is 0 Å². The summed E-state index contributed by atoms with van der Waals surface area (Å²) in [5, 5.41) is 9.25. The molecule has 0 aromatic heterocycles. The van der Waals surface area contributed by atoms with Crippen molar-refractivity contribution in [3.05, 3.63) is 35.4 Å². The molecule has 0 aliphatic carbocycles. The number of aliphatic hydroxyl groups excluding tert-OH is 1. The molecule has 0 spiro atoms. The van der Waals surface area contributed by atoms with Crippen LogP contribution in [0.3, 0.4) is 0 Å². The molecule has 1 aromatic rings. The molecule has 0 saturated carbocycles. The number of hydrogen-bond acceptors (Lipinski definition) is 2. The van der Waals surface area contributed by atoms with Gasteiger partial charge in [0.1, 0.15) is 0 Å². The summed E-state index contributed by atoms with van der Waals surface area (Å²) in [6.45, 7) is -0.144. The molecule has 2 nitrogen and oxygen atoms in total. The Bertz CT molecular complexity index is 373. The Kier molecular flexibility index (Phi) is 3.73. The highest BCUT2D eigenvalue weighted by Crippen LogP contribution is 2.43. The number of alkyl halides is 5. The van der Waals surface area contributed by atoms with Gasteiger partial charge in [-0.25, -0.2) is 0 Å². The maximum Gasteiger partial charge on any atom is 0.458 e. The van der Waals surface area contributed by atoms with Crippen molar-refractivity contribution in [2.45, 2.75) is 18.2 Å². The molecule has 1 unspecified atom stereocenters. The minimum Gasteiger partial charge on any atom is -0.387 e. The molecule has 0 fully saturated rings. The Labute approximate surface area is 93.9 Å². The first kappa shape index (κ1) is 13.9. The summed E-state index contributed by atoms with van der Waals surface area (Å²) in [5.41, 5.74) is 4.14. The van der Waals surface area contributed by atoms with Crippen LogP contribution >= 0.6 is 0 Å². The average molecular weight is 255 g/mol. The average Bonchev–Trinajstić information content (AvgIpc) is 2.26. The van der Waals surface area contributed by atoms with Gasteiger partial charge in [0.2, 0.25) is 0 Å². The summed E-state index contributed by atoms with van der Waals surface area (Å²) >= 11 is 0. The Morgan fingerprint density at radius 1 is 1.06 bits per heavy atom. The van der Waals surface area contributed by atoms with Crippen molar-refractivity contribution < 1.29 is 27.1 Å². The molecule has 0 saturated heterocycles. The van der Waals surface area contributed by atoms with Crippen molar-refractivity contribution in [3.8, 4) is 0 Å². The molecule has 3 N–H and O–H groups in total. The van der Waals surface area contributed by atoms with Crippen LogP contribution in [0.4, 0.5) is 22.0 Å². The van der Waals surface area contributed by atoms with Crippen LogP contribution in [0.5, 0.6) is 0 Å². The second-order valence-corrected chi connectivity index (χ2v) is 3.45. The Morgan fingerprint density at radius 2 is 1.53 bits per heavy atom. The largest absolute Gasteiger partial charge is 0.458 e. The lowest BCUT2D eigenvalue weighted by Crippen LogP contribution is -2.33. The molecule has 1 atom stereocenters. The normalized spacial score (nSPS) is 14.8. The number of aliphatic hydroxyl groups is 1. The Morgan fingerprint density at radius 3 is 1.88 bits per heavy atom. The van der Waals surface area contributed by atoms with Crippen LogP contribution in [0, 0.1) is 0 Å². The molecule has 17 heavy (non-hydrogen) atoms. The fourth-order valence-corrected chi connectivity index (χ4v) is 1.21. The van der Waals surface area contributed by atoms with E-state index in [9.17, 15) is 27.1 Å². The highest BCUT2D eigenvalue weighted by atomic mass is 19.4. The summed E-state index contributed by atoms with van der Waals surface area (Å²) in [4.78, 5) is 0. The van der Waals surface area contributed by atoms with E-state index in [1.54, 1.807) is 0 Å². The minimum absolute atomic E-state index is 0.144. The van der Waals surface area contributed by atoms with Crippen LogP contribution in [0.25, 0.3) is 0 Å². The number of hydrogen-bond donors (Lipinski definition) is 2. The van der Waals surface area contributed by atoms with E-state index in [1.165, 1.54) is 0 Å². The van der Waals surface area contributed by atoms with Gasteiger partial charge in [0, 0.05) is 12.1 Å². The topological polar surface area (TPSA) is 46.2 Å². The van der Waals surface area contributed by atoms with E-state index in [4.69, 9.17) is 5.73 Å². The fraction of sp³-hybridized carbons (Fsp3) is 0.400. The van der Waals surface area contributed by atoms with E-state index in [0.29, 0.717) is 12.1 Å². The lowest BCUT2D eigenvalue weighted by Gasteiger charge is -2.20. The second kappa shape index (κ2) is 4.58. The molecular weight excluding hydrogens is 245 g/mol. The first-order chi connectivity index (χ1) is 7.70. The third kappa shape index (κ3) is 2.73. The first-order valence-electron chi connectivity index (χ1n) is 4.63. The first-order valence-corrected chi connectivity index (χ1v) is 4.63. The molecular formula is C10H10F5NO. The molecule has 0 aliphatic rings. The van der Waals surface area contributed by atoms with Gasteiger partial charge in [0.15, 0.2) is 0 Å². The fourth-order valence-electron chi connectivity index (χ4n) is 1.21. The van der Waals surface area contributed by atoms with Gasteiger partial charge in [-0.1, -0.05) is 24.3 Å². The van der Waals surface area contributed by atoms with Gasteiger partial charge in [-0.3, -0.25) is 0 Å². The minimum atomic E-state index is -5.64. The van der Waals surface area contributed by atoms with Crippen LogP contribution in [0.1, 0.15) is 17.2 Å². The summed E-state index contributed by atoms with van der Waals surface area (Å²) in [5.74, 6) is -4.90. The van der Waals surface area contributed by atoms with Crippen molar-refractivity contribution >= 4 is 0 Å². The van der Waals surface area contributed by atoms with Crippen molar-refractivity contribution in [2.75, 3.05) is 6.54 Å². The highest BCUT2D eigenvalue weighted by Gasteiger charge is 2.58. The van der Waals surface area contributed by atoms with Crippen LogP contribution in [-0.2, 0) is 5.92 Å². The molecule has 0 amide bonds. The zero-order valence-corrected chi connectivity index (χ0v) is 8.51. The SMILES string of the molecule is NCC(O)c1ccc(C(F)(F)C(F)(F)F)cc1. The molecule has 1 aromatic carbocycles. The Hall–Kier alpha value is -1.21. The molecule has 1 rings (SSSR count). The van der Waals surface area contributed by atoms with Gasteiger partial charge in [-0.05, 0) is 5.56 Å². The standard InChI is InChI=1S/C10H10F5NO/c11-9(12,10(13,14)15)7-3-1-6(2-4-7)8(17)5-16/h1-4,8,17H,5,16H2. The van der Waals surface area contributed by atoms with Gasteiger partial charge in [0.25, 0.3) is 0 Å².